The predicted octanol–water partition coefficient (Wildman–Crippen LogP) is 5.99. The maximum absolute atomic E-state index is 3.94. The van der Waals surface area contributed by atoms with Crippen molar-refractivity contribution in [2.75, 3.05) is 0 Å². The number of hydrogen-bond acceptors (Lipinski definition) is 0. The maximum atomic E-state index is 3.94. The van der Waals surface area contributed by atoms with Gasteiger partial charge in [0, 0.05) is 5.41 Å². The molecule has 0 nitrogen and oxygen atoms in total. The number of hydrogen-bond donors (Lipinski definition) is 0. The lowest BCUT2D eigenvalue weighted by atomic mass is 9.67. The zero-order valence-electron chi connectivity index (χ0n) is 13.4. The normalized spacial score (nSPS) is 11.1. The van der Waals surface area contributed by atoms with Crippen LogP contribution >= 0.6 is 0 Å². The Morgan fingerprint density at radius 1 is 0.609 bits per heavy atom. The molecule has 0 heteroatoms. The van der Waals surface area contributed by atoms with Crippen molar-refractivity contribution in [3.05, 3.63) is 120 Å². The second kappa shape index (κ2) is 7.11. The van der Waals surface area contributed by atoms with Crippen LogP contribution in [0.15, 0.2) is 104 Å². The smallest absolute Gasteiger partial charge is 0.0454 e. The highest BCUT2D eigenvalue weighted by atomic mass is 14.4. The summed E-state index contributed by atoms with van der Waals surface area (Å²) in [7, 11) is 0. The van der Waals surface area contributed by atoms with Crippen LogP contribution in [0.25, 0.3) is 0 Å². The zero-order chi connectivity index (χ0) is 16.0. The van der Waals surface area contributed by atoms with Gasteiger partial charge in [0.2, 0.25) is 0 Å². The molecule has 3 aromatic carbocycles. The van der Waals surface area contributed by atoms with Crippen molar-refractivity contribution in [3.8, 4) is 0 Å². The molecule has 0 unspecified atom stereocenters. The first kappa shape index (κ1) is 15.3. The molecule has 0 amide bonds. The first-order chi connectivity index (χ1) is 11.4. The quantitative estimate of drug-likeness (QED) is 0.387. The second-order valence-corrected chi connectivity index (χ2v) is 5.83. The summed E-state index contributed by atoms with van der Waals surface area (Å²) in [6.45, 7) is 3.94. The van der Waals surface area contributed by atoms with Crippen molar-refractivity contribution >= 4 is 0 Å². The molecule has 0 spiro atoms. The van der Waals surface area contributed by atoms with Gasteiger partial charge in [0.25, 0.3) is 0 Å². The van der Waals surface area contributed by atoms with Gasteiger partial charge in [0.05, 0.1) is 0 Å². The van der Waals surface area contributed by atoms with Gasteiger partial charge in [-0.15, -0.1) is 6.58 Å². The highest BCUT2D eigenvalue weighted by Crippen LogP contribution is 2.42. The van der Waals surface area contributed by atoms with Gasteiger partial charge in [-0.05, 0) is 29.5 Å². The first-order valence-electron chi connectivity index (χ1n) is 8.15. The molecule has 23 heavy (non-hydrogen) atoms. The van der Waals surface area contributed by atoms with E-state index in [1.807, 2.05) is 6.08 Å². The van der Waals surface area contributed by atoms with Gasteiger partial charge in [-0.3, -0.25) is 0 Å². The molecule has 0 N–H and O–H groups in total. The van der Waals surface area contributed by atoms with Crippen LogP contribution in [-0.2, 0) is 5.41 Å². The maximum Gasteiger partial charge on any atom is 0.0454 e. The van der Waals surface area contributed by atoms with Gasteiger partial charge in [-0.2, -0.15) is 0 Å². The lowest BCUT2D eigenvalue weighted by molar-refractivity contribution is 0.566. The summed E-state index contributed by atoms with van der Waals surface area (Å²) >= 11 is 0. The third-order valence-electron chi connectivity index (χ3n) is 4.52. The predicted molar refractivity (Wildman–Crippen MR) is 98.6 cm³/mol. The number of rotatable bonds is 6. The lowest BCUT2D eigenvalue weighted by Crippen LogP contribution is -2.29. The largest absolute Gasteiger partial charge is 0.103 e. The zero-order valence-corrected chi connectivity index (χ0v) is 13.4. The third kappa shape index (κ3) is 2.98. The van der Waals surface area contributed by atoms with E-state index in [0.717, 1.165) is 12.8 Å². The Bertz CT molecular complexity index is 630. The van der Waals surface area contributed by atoms with Crippen LogP contribution < -0.4 is 0 Å². The lowest BCUT2D eigenvalue weighted by Gasteiger charge is -2.36. The molecule has 114 valence electrons. The SMILES string of the molecule is C=CCCC(c1ccccc1)(c1ccccc1)c1ccccc1. The minimum absolute atomic E-state index is 0.141. The van der Waals surface area contributed by atoms with Crippen LogP contribution in [-0.4, -0.2) is 0 Å². The summed E-state index contributed by atoms with van der Waals surface area (Å²) in [6.07, 6.45) is 4.00. The first-order valence-corrected chi connectivity index (χ1v) is 8.15. The molecule has 0 atom stereocenters. The molecule has 0 saturated carbocycles. The minimum atomic E-state index is -0.141. The average Bonchev–Trinajstić information content (AvgIpc) is 2.65. The Labute approximate surface area is 139 Å². The summed E-state index contributed by atoms with van der Waals surface area (Å²) in [5.74, 6) is 0. The summed E-state index contributed by atoms with van der Waals surface area (Å²) in [4.78, 5) is 0. The molecular formula is C23H22. The van der Waals surface area contributed by atoms with E-state index in [1.54, 1.807) is 0 Å². The van der Waals surface area contributed by atoms with E-state index < -0.39 is 0 Å². The Morgan fingerprint density at radius 3 is 1.26 bits per heavy atom. The van der Waals surface area contributed by atoms with E-state index in [2.05, 4.69) is 97.6 Å². The molecule has 3 aromatic rings. The van der Waals surface area contributed by atoms with Crippen molar-refractivity contribution in [2.45, 2.75) is 18.3 Å². The highest BCUT2D eigenvalue weighted by molar-refractivity contribution is 5.50. The second-order valence-electron chi connectivity index (χ2n) is 5.83. The number of benzene rings is 3. The summed E-state index contributed by atoms with van der Waals surface area (Å²) in [5.41, 5.74) is 3.86. The van der Waals surface area contributed by atoms with E-state index in [-0.39, 0.29) is 5.41 Å². The van der Waals surface area contributed by atoms with Crippen LogP contribution in [0.4, 0.5) is 0 Å². The van der Waals surface area contributed by atoms with E-state index in [0.29, 0.717) is 0 Å². The standard InChI is InChI=1S/C23H22/c1-2-3-19-23(20-13-7-4-8-14-20,21-15-9-5-10-16-21)22-17-11-6-12-18-22/h2,4-18H,1,3,19H2. The van der Waals surface area contributed by atoms with Gasteiger partial charge in [-0.25, -0.2) is 0 Å². The molecule has 0 heterocycles. The Balaban J connectivity index is 2.27. The van der Waals surface area contributed by atoms with E-state index >= 15 is 0 Å². The van der Waals surface area contributed by atoms with Crippen molar-refractivity contribution in [1.29, 1.82) is 0 Å². The van der Waals surface area contributed by atoms with Gasteiger partial charge in [0.1, 0.15) is 0 Å². The molecule has 0 radical (unpaired) electrons. The molecule has 0 saturated heterocycles. The van der Waals surface area contributed by atoms with Crippen molar-refractivity contribution < 1.29 is 0 Å². The Hall–Kier alpha value is -2.60. The van der Waals surface area contributed by atoms with Gasteiger partial charge >= 0.3 is 0 Å². The monoisotopic (exact) mass is 298 g/mol. The van der Waals surface area contributed by atoms with Crippen LogP contribution in [0.2, 0.25) is 0 Å². The summed E-state index contributed by atoms with van der Waals surface area (Å²) in [5, 5.41) is 0. The Kier molecular flexibility index (Phi) is 4.73. The van der Waals surface area contributed by atoms with Crippen molar-refractivity contribution in [1.82, 2.24) is 0 Å². The van der Waals surface area contributed by atoms with Gasteiger partial charge in [-0.1, -0.05) is 97.1 Å². The van der Waals surface area contributed by atoms with Crippen LogP contribution in [0, 0.1) is 0 Å². The minimum Gasteiger partial charge on any atom is -0.103 e. The van der Waals surface area contributed by atoms with Gasteiger partial charge < -0.3 is 0 Å². The average molecular weight is 298 g/mol. The molecule has 0 fully saturated rings. The van der Waals surface area contributed by atoms with Crippen LogP contribution in [0.5, 0.6) is 0 Å². The van der Waals surface area contributed by atoms with Crippen LogP contribution in [0.3, 0.4) is 0 Å². The molecule has 0 aliphatic heterocycles. The summed E-state index contributed by atoms with van der Waals surface area (Å²) in [6, 6.07) is 32.5. The fourth-order valence-corrected chi connectivity index (χ4v) is 3.42. The highest BCUT2D eigenvalue weighted by Gasteiger charge is 2.35. The number of allylic oxidation sites excluding steroid dienone is 1. The van der Waals surface area contributed by atoms with E-state index in [9.17, 15) is 0 Å². The molecule has 0 bridgehead atoms. The Morgan fingerprint density at radius 2 is 0.957 bits per heavy atom. The molecule has 0 aliphatic carbocycles. The summed E-state index contributed by atoms with van der Waals surface area (Å²) < 4.78 is 0. The molecule has 3 rings (SSSR count). The van der Waals surface area contributed by atoms with Crippen LogP contribution in [0.1, 0.15) is 29.5 Å². The van der Waals surface area contributed by atoms with Crippen molar-refractivity contribution in [2.24, 2.45) is 0 Å². The third-order valence-corrected chi connectivity index (χ3v) is 4.52. The topological polar surface area (TPSA) is 0 Å². The molecule has 0 aliphatic rings. The molecular weight excluding hydrogens is 276 g/mol. The van der Waals surface area contributed by atoms with Gasteiger partial charge in [0.15, 0.2) is 0 Å². The fourth-order valence-electron chi connectivity index (χ4n) is 3.42. The van der Waals surface area contributed by atoms with E-state index in [4.69, 9.17) is 0 Å². The van der Waals surface area contributed by atoms with Crippen molar-refractivity contribution in [3.63, 3.8) is 0 Å². The molecule has 0 aromatic heterocycles. The van der Waals surface area contributed by atoms with E-state index in [1.165, 1.54) is 16.7 Å². The fraction of sp³-hybridized carbons (Fsp3) is 0.130.